The third-order valence-corrected chi connectivity index (χ3v) is 3.93. The maximum Gasteiger partial charge on any atom is 0.238 e. The zero-order valence-electron chi connectivity index (χ0n) is 15.3. The summed E-state index contributed by atoms with van der Waals surface area (Å²) in [5.41, 5.74) is 1.45. The number of rotatable bonds is 10. The third-order valence-electron chi connectivity index (χ3n) is 3.93. The number of nitrogens with zero attached hydrogens (tertiary/aromatic N) is 2. The summed E-state index contributed by atoms with van der Waals surface area (Å²) >= 11 is 0. The lowest BCUT2D eigenvalue weighted by molar-refractivity contribution is -0.117. The van der Waals surface area contributed by atoms with Crippen molar-refractivity contribution in [1.82, 2.24) is 9.80 Å². The standard InChI is InChI=1S/C18H30N4O2/c1-5-21(6-2)12-13-22(7-3)14-18(24)20-17-10-8-16(9-11-17)19-15(4)23/h8-11H,5-7,12-14H2,1-4H3,(H,19,23)(H,20,24). The third kappa shape index (κ3) is 7.57. The van der Waals surface area contributed by atoms with Crippen LogP contribution >= 0.6 is 0 Å². The van der Waals surface area contributed by atoms with Crippen LogP contribution in [0, 0.1) is 0 Å². The van der Waals surface area contributed by atoms with Gasteiger partial charge in [-0.25, -0.2) is 0 Å². The van der Waals surface area contributed by atoms with Gasteiger partial charge in [0, 0.05) is 31.4 Å². The molecule has 0 aromatic heterocycles. The van der Waals surface area contributed by atoms with Crippen LogP contribution in [0.3, 0.4) is 0 Å². The van der Waals surface area contributed by atoms with Crippen LogP contribution in [0.15, 0.2) is 24.3 Å². The number of nitrogens with one attached hydrogen (secondary N) is 2. The molecule has 0 aliphatic heterocycles. The van der Waals surface area contributed by atoms with Gasteiger partial charge in [-0.2, -0.15) is 0 Å². The van der Waals surface area contributed by atoms with E-state index in [9.17, 15) is 9.59 Å². The van der Waals surface area contributed by atoms with Crippen molar-refractivity contribution in [2.75, 3.05) is 49.9 Å². The highest BCUT2D eigenvalue weighted by Gasteiger charge is 2.10. The molecule has 0 saturated heterocycles. The largest absolute Gasteiger partial charge is 0.326 e. The van der Waals surface area contributed by atoms with E-state index in [1.54, 1.807) is 24.3 Å². The maximum absolute atomic E-state index is 12.2. The molecule has 0 fully saturated rings. The van der Waals surface area contributed by atoms with Gasteiger partial charge in [0.1, 0.15) is 0 Å². The molecule has 134 valence electrons. The van der Waals surface area contributed by atoms with Gasteiger partial charge in [-0.3, -0.25) is 14.5 Å². The zero-order chi connectivity index (χ0) is 17.9. The van der Waals surface area contributed by atoms with Crippen molar-refractivity contribution in [3.05, 3.63) is 24.3 Å². The van der Waals surface area contributed by atoms with Gasteiger partial charge in [-0.15, -0.1) is 0 Å². The molecule has 0 bridgehead atoms. The smallest absolute Gasteiger partial charge is 0.238 e. The Morgan fingerprint density at radius 1 is 0.833 bits per heavy atom. The average molecular weight is 334 g/mol. The van der Waals surface area contributed by atoms with Crippen LogP contribution in [-0.4, -0.2) is 60.9 Å². The summed E-state index contributed by atoms with van der Waals surface area (Å²) < 4.78 is 0. The van der Waals surface area contributed by atoms with Crippen molar-refractivity contribution in [2.24, 2.45) is 0 Å². The van der Waals surface area contributed by atoms with E-state index >= 15 is 0 Å². The lowest BCUT2D eigenvalue weighted by Gasteiger charge is -2.24. The minimum absolute atomic E-state index is 0.0244. The molecule has 0 aliphatic rings. The molecule has 0 aliphatic carbocycles. The molecule has 0 heterocycles. The van der Waals surface area contributed by atoms with Crippen LogP contribution in [-0.2, 0) is 9.59 Å². The van der Waals surface area contributed by atoms with Crippen LogP contribution in [0.4, 0.5) is 11.4 Å². The highest BCUT2D eigenvalue weighted by Crippen LogP contribution is 2.13. The van der Waals surface area contributed by atoms with Crippen molar-refractivity contribution in [3.8, 4) is 0 Å². The van der Waals surface area contributed by atoms with Gasteiger partial charge >= 0.3 is 0 Å². The maximum atomic E-state index is 12.2. The second-order valence-electron chi connectivity index (χ2n) is 5.70. The van der Waals surface area contributed by atoms with Gasteiger partial charge < -0.3 is 15.5 Å². The Labute approximate surface area is 145 Å². The molecule has 1 rings (SSSR count). The molecule has 2 N–H and O–H groups in total. The average Bonchev–Trinajstić information content (AvgIpc) is 2.56. The Bertz CT molecular complexity index is 512. The first kappa shape index (κ1) is 20.1. The highest BCUT2D eigenvalue weighted by atomic mass is 16.2. The summed E-state index contributed by atoms with van der Waals surface area (Å²) in [5.74, 6) is -0.137. The van der Waals surface area contributed by atoms with Crippen molar-refractivity contribution in [3.63, 3.8) is 0 Å². The number of amides is 2. The Morgan fingerprint density at radius 3 is 1.75 bits per heavy atom. The number of likely N-dealkylation sites (N-methyl/N-ethyl adjacent to an activating group) is 2. The SMILES string of the molecule is CCN(CC)CCN(CC)CC(=O)Nc1ccc(NC(C)=O)cc1. The fraction of sp³-hybridized carbons (Fsp3) is 0.556. The van der Waals surface area contributed by atoms with Gasteiger partial charge in [-0.1, -0.05) is 20.8 Å². The Balaban J connectivity index is 2.46. The van der Waals surface area contributed by atoms with E-state index in [0.29, 0.717) is 6.54 Å². The minimum atomic E-state index is -0.112. The molecule has 0 atom stereocenters. The predicted molar refractivity (Wildman–Crippen MR) is 99.3 cm³/mol. The summed E-state index contributed by atoms with van der Waals surface area (Å²) in [7, 11) is 0. The number of hydrogen-bond donors (Lipinski definition) is 2. The molecule has 0 unspecified atom stereocenters. The van der Waals surface area contributed by atoms with Crippen LogP contribution in [0.25, 0.3) is 0 Å². The van der Waals surface area contributed by atoms with Crippen LogP contribution in [0.2, 0.25) is 0 Å². The molecular formula is C18H30N4O2. The molecule has 1 aromatic carbocycles. The Kier molecular flexibility index (Phi) is 9.04. The molecular weight excluding hydrogens is 304 g/mol. The van der Waals surface area contributed by atoms with Gasteiger partial charge in [0.05, 0.1) is 6.54 Å². The van der Waals surface area contributed by atoms with E-state index in [1.165, 1.54) is 6.92 Å². The normalized spacial score (nSPS) is 10.9. The topological polar surface area (TPSA) is 64.7 Å². The quantitative estimate of drug-likeness (QED) is 0.689. The van der Waals surface area contributed by atoms with E-state index < -0.39 is 0 Å². The summed E-state index contributed by atoms with van der Waals surface area (Å²) in [4.78, 5) is 27.7. The van der Waals surface area contributed by atoms with Gasteiger partial charge in [0.25, 0.3) is 0 Å². The number of benzene rings is 1. The lowest BCUT2D eigenvalue weighted by Crippen LogP contribution is -2.39. The highest BCUT2D eigenvalue weighted by molar-refractivity contribution is 5.93. The summed E-state index contributed by atoms with van der Waals surface area (Å²) in [6, 6.07) is 7.12. The zero-order valence-corrected chi connectivity index (χ0v) is 15.3. The molecule has 1 aromatic rings. The number of carbonyl (C=O) groups is 2. The fourth-order valence-corrected chi connectivity index (χ4v) is 2.42. The van der Waals surface area contributed by atoms with Gasteiger partial charge in [-0.05, 0) is 43.9 Å². The van der Waals surface area contributed by atoms with E-state index in [0.717, 1.165) is 44.1 Å². The van der Waals surface area contributed by atoms with Crippen molar-refractivity contribution in [1.29, 1.82) is 0 Å². The molecule has 0 radical (unpaired) electrons. The lowest BCUT2D eigenvalue weighted by atomic mass is 10.2. The summed E-state index contributed by atoms with van der Waals surface area (Å²) in [6.45, 7) is 13.0. The van der Waals surface area contributed by atoms with Crippen molar-refractivity contribution in [2.45, 2.75) is 27.7 Å². The molecule has 0 saturated carbocycles. The van der Waals surface area contributed by atoms with Crippen molar-refractivity contribution >= 4 is 23.2 Å². The Morgan fingerprint density at radius 2 is 1.29 bits per heavy atom. The number of hydrogen-bond acceptors (Lipinski definition) is 4. The molecule has 6 nitrogen and oxygen atoms in total. The number of carbonyl (C=O) groups excluding carboxylic acids is 2. The van der Waals surface area contributed by atoms with Crippen LogP contribution < -0.4 is 10.6 Å². The van der Waals surface area contributed by atoms with Crippen LogP contribution in [0.1, 0.15) is 27.7 Å². The number of anilines is 2. The molecule has 24 heavy (non-hydrogen) atoms. The van der Waals surface area contributed by atoms with Gasteiger partial charge in [0.15, 0.2) is 0 Å². The summed E-state index contributed by atoms with van der Waals surface area (Å²) in [6.07, 6.45) is 0. The predicted octanol–water partition coefficient (Wildman–Crippen LogP) is 2.25. The molecule has 0 spiro atoms. The second kappa shape index (κ2) is 10.8. The second-order valence-corrected chi connectivity index (χ2v) is 5.70. The monoisotopic (exact) mass is 334 g/mol. The minimum Gasteiger partial charge on any atom is -0.326 e. The van der Waals surface area contributed by atoms with E-state index in [1.807, 2.05) is 0 Å². The first-order valence-electron chi connectivity index (χ1n) is 8.60. The van der Waals surface area contributed by atoms with Gasteiger partial charge in [0.2, 0.25) is 11.8 Å². The van der Waals surface area contributed by atoms with Crippen LogP contribution in [0.5, 0.6) is 0 Å². The van der Waals surface area contributed by atoms with E-state index in [-0.39, 0.29) is 11.8 Å². The Hall–Kier alpha value is -1.92. The van der Waals surface area contributed by atoms with E-state index in [4.69, 9.17) is 0 Å². The van der Waals surface area contributed by atoms with E-state index in [2.05, 4.69) is 41.2 Å². The van der Waals surface area contributed by atoms with Crippen molar-refractivity contribution < 1.29 is 9.59 Å². The fourth-order valence-electron chi connectivity index (χ4n) is 2.42. The molecule has 6 heteroatoms. The molecule has 2 amide bonds. The first-order chi connectivity index (χ1) is 11.5. The first-order valence-corrected chi connectivity index (χ1v) is 8.60. The summed E-state index contributed by atoms with van der Waals surface area (Å²) in [5, 5.41) is 5.60.